The summed E-state index contributed by atoms with van der Waals surface area (Å²) in [5.41, 5.74) is -4.74. The van der Waals surface area contributed by atoms with E-state index in [2.05, 4.69) is 15.1 Å². The van der Waals surface area contributed by atoms with E-state index in [1.54, 1.807) is 12.3 Å². The van der Waals surface area contributed by atoms with E-state index < -0.39 is 41.8 Å². The van der Waals surface area contributed by atoms with Gasteiger partial charge in [0.05, 0.1) is 16.8 Å². The molecule has 0 radical (unpaired) electrons. The molecule has 5 nitrogen and oxygen atoms in total. The summed E-state index contributed by atoms with van der Waals surface area (Å²) in [6, 6.07) is 6.71. The van der Waals surface area contributed by atoms with E-state index in [9.17, 15) is 31.4 Å². The monoisotopic (exact) mass is 458 g/mol. The van der Waals surface area contributed by atoms with E-state index in [-0.39, 0.29) is 30.1 Å². The molecular formula is C21H20F6N4O. The number of alkyl halides is 6. The molecule has 1 aromatic carbocycles. The fourth-order valence-corrected chi connectivity index (χ4v) is 3.77. The minimum absolute atomic E-state index is 0.0345. The van der Waals surface area contributed by atoms with Gasteiger partial charge in [-0.05, 0) is 43.5 Å². The number of hydrogen-bond acceptors (Lipinski definition) is 3. The Balaban J connectivity index is 1.61. The fourth-order valence-electron chi connectivity index (χ4n) is 3.77. The fraction of sp³-hybridized carbons (Fsp3) is 0.429. The molecule has 172 valence electrons. The molecule has 1 saturated carbocycles. The van der Waals surface area contributed by atoms with Crippen molar-refractivity contribution in [2.75, 3.05) is 0 Å². The van der Waals surface area contributed by atoms with Crippen LogP contribution in [0.4, 0.5) is 26.3 Å². The number of halogens is 6. The summed E-state index contributed by atoms with van der Waals surface area (Å²) in [5.74, 6) is -0.230. The third kappa shape index (κ3) is 3.89. The molecule has 2 N–H and O–H groups in total. The Hall–Kier alpha value is -2.82. The molecule has 0 saturated heterocycles. The van der Waals surface area contributed by atoms with Crippen molar-refractivity contribution in [1.82, 2.24) is 19.7 Å². The van der Waals surface area contributed by atoms with Crippen LogP contribution in [0.2, 0.25) is 0 Å². The lowest BCUT2D eigenvalue weighted by Gasteiger charge is -2.30. The zero-order valence-electron chi connectivity index (χ0n) is 16.9. The standard InChI is InChI=1S/C21H20F6N4O/c1-13-16(11-18(7-8-18)20(22,23)24)30-17(29-13)12-19(32,21(25,26)27)14-3-5-15(6-4-14)31-10-2-9-28-31/h2-6,9-10,32H,7-8,11-12H2,1H3,(H,29,30). The number of benzene rings is 1. The van der Waals surface area contributed by atoms with Crippen LogP contribution in [0.3, 0.4) is 0 Å². The Morgan fingerprint density at radius 1 is 1.09 bits per heavy atom. The highest BCUT2D eigenvalue weighted by atomic mass is 19.4. The van der Waals surface area contributed by atoms with Gasteiger partial charge in [-0.25, -0.2) is 9.67 Å². The van der Waals surface area contributed by atoms with Gasteiger partial charge in [0.25, 0.3) is 0 Å². The first-order chi connectivity index (χ1) is 14.8. The van der Waals surface area contributed by atoms with Gasteiger partial charge >= 0.3 is 12.4 Å². The van der Waals surface area contributed by atoms with Gasteiger partial charge in [-0.3, -0.25) is 0 Å². The van der Waals surface area contributed by atoms with E-state index in [1.165, 1.54) is 29.9 Å². The molecule has 4 rings (SSSR count). The van der Waals surface area contributed by atoms with Crippen LogP contribution in [0, 0.1) is 12.3 Å². The van der Waals surface area contributed by atoms with Crippen LogP contribution in [0.1, 0.15) is 35.6 Å². The maximum absolute atomic E-state index is 13.9. The number of aromatic amines is 1. The van der Waals surface area contributed by atoms with Gasteiger partial charge in [0.15, 0.2) is 5.60 Å². The zero-order valence-corrected chi connectivity index (χ0v) is 16.9. The van der Waals surface area contributed by atoms with E-state index in [0.717, 1.165) is 12.1 Å². The van der Waals surface area contributed by atoms with Crippen LogP contribution < -0.4 is 0 Å². The lowest BCUT2D eigenvalue weighted by Crippen LogP contribution is -2.44. The van der Waals surface area contributed by atoms with Gasteiger partial charge in [-0.15, -0.1) is 0 Å². The van der Waals surface area contributed by atoms with Gasteiger partial charge in [0.2, 0.25) is 0 Å². The van der Waals surface area contributed by atoms with Crippen LogP contribution in [-0.2, 0) is 18.4 Å². The highest BCUT2D eigenvalue weighted by molar-refractivity contribution is 5.37. The number of nitrogens with zero attached hydrogens (tertiary/aromatic N) is 3. The molecule has 1 aliphatic rings. The third-order valence-electron chi connectivity index (χ3n) is 6.00. The predicted octanol–water partition coefficient (Wildman–Crippen LogP) is 4.78. The van der Waals surface area contributed by atoms with E-state index in [1.807, 2.05) is 0 Å². The molecule has 32 heavy (non-hydrogen) atoms. The molecule has 0 amide bonds. The molecule has 0 spiro atoms. The van der Waals surface area contributed by atoms with Crippen LogP contribution in [0.15, 0.2) is 42.7 Å². The molecule has 3 aromatic rings. The summed E-state index contributed by atoms with van der Waals surface area (Å²) >= 11 is 0. The van der Waals surface area contributed by atoms with Crippen LogP contribution in [-0.4, -0.2) is 37.2 Å². The van der Waals surface area contributed by atoms with Crippen LogP contribution >= 0.6 is 0 Å². The van der Waals surface area contributed by atoms with Gasteiger partial charge in [0.1, 0.15) is 5.82 Å². The molecule has 11 heteroatoms. The zero-order chi connectivity index (χ0) is 23.4. The number of nitrogens with one attached hydrogen (secondary N) is 1. The number of aryl methyl sites for hydroxylation is 1. The van der Waals surface area contributed by atoms with Crippen LogP contribution in [0.25, 0.3) is 5.69 Å². The minimum Gasteiger partial charge on any atom is -0.376 e. The number of aromatic nitrogens is 4. The summed E-state index contributed by atoms with van der Waals surface area (Å²) in [6.07, 6.45) is -7.75. The predicted molar refractivity (Wildman–Crippen MR) is 102 cm³/mol. The topological polar surface area (TPSA) is 66.7 Å². The van der Waals surface area contributed by atoms with Crippen LogP contribution in [0.5, 0.6) is 0 Å². The molecule has 0 bridgehead atoms. The van der Waals surface area contributed by atoms with Crippen molar-refractivity contribution in [3.63, 3.8) is 0 Å². The van der Waals surface area contributed by atoms with Crippen molar-refractivity contribution in [2.24, 2.45) is 5.41 Å². The number of imidazole rings is 1. The number of aliphatic hydroxyl groups is 1. The van der Waals surface area contributed by atoms with Crippen molar-refractivity contribution < 1.29 is 31.4 Å². The first-order valence-electron chi connectivity index (χ1n) is 9.85. The maximum Gasteiger partial charge on any atom is 0.421 e. The van der Waals surface area contributed by atoms with E-state index in [4.69, 9.17) is 0 Å². The Morgan fingerprint density at radius 3 is 2.25 bits per heavy atom. The van der Waals surface area contributed by atoms with E-state index >= 15 is 0 Å². The second kappa shape index (κ2) is 7.36. The Kier molecular flexibility index (Phi) is 5.15. The summed E-state index contributed by atoms with van der Waals surface area (Å²) in [7, 11) is 0. The van der Waals surface area contributed by atoms with Crippen molar-refractivity contribution in [3.8, 4) is 5.69 Å². The second-order valence-corrected chi connectivity index (χ2v) is 8.24. The molecule has 2 heterocycles. The molecule has 1 atom stereocenters. The summed E-state index contributed by atoms with van der Waals surface area (Å²) in [4.78, 5) is 6.63. The first-order valence-corrected chi connectivity index (χ1v) is 9.85. The minimum atomic E-state index is -5.05. The maximum atomic E-state index is 13.9. The molecule has 2 aromatic heterocycles. The molecule has 1 fully saturated rings. The van der Waals surface area contributed by atoms with Crippen molar-refractivity contribution in [2.45, 2.75) is 50.6 Å². The average Bonchev–Trinajstić information content (AvgIpc) is 3.15. The third-order valence-corrected chi connectivity index (χ3v) is 6.00. The summed E-state index contributed by atoms with van der Waals surface area (Å²) < 4.78 is 83.1. The molecular weight excluding hydrogens is 438 g/mol. The summed E-state index contributed by atoms with van der Waals surface area (Å²) in [6.45, 7) is 1.46. The quantitative estimate of drug-likeness (QED) is 0.523. The van der Waals surface area contributed by atoms with Crippen molar-refractivity contribution in [1.29, 1.82) is 0 Å². The molecule has 0 aliphatic heterocycles. The first kappa shape index (κ1) is 22.4. The summed E-state index contributed by atoms with van der Waals surface area (Å²) in [5, 5.41) is 14.7. The van der Waals surface area contributed by atoms with Gasteiger partial charge in [0, 0.05) is 30.9 Å². The number of H-pyrrole nitrogens is 1. The van der Waals surface area contributed by atoms with Crippen molar-refractivity contribution in [3.05, 3.63) is 65.5 Å². The average molecular weight is 458 g/mol. The van der Waals surface area contributed by atoms with Gasteiger partial charge in [-0.1, -0.05) is 12.1 Å². The second-order valence-electron chi connectivity index (χ2n) is 8.24. The number of hydrogen-bond donors (Lipinski definition) is 2. The molecule has 1 unspecified atom stereocenters. The molecule has 1 aliphatic carbocycles. The lowest BCUT2D eigenvalue weighted by molar-refractivity contribution is -0.266. The smallest absolute Gasteiger partial charge is 0.376 e. The normalized spacial score (nSPS) is 17.9. The van der Waals surface area contributed by atoms with Gasteiger partial charge in [-0.2, -0.15) is 31.4 Å². The lowest BCUT2D eigenvalue weighted by atomic mass is 9.89. The highest BCUT2D eigenvalue weighted by Crippen LogP contribution is 2.59. The Morgan fingerprint density at radius 2 is 1.75 bits per heavy atom. The SMILES string of the molecule is Cc1[nH]c(CC(O)(c2ccc(-n3cccn3)cc2)C(F)(F)F)nc1CC1(C(F)(F)F)CC1. The van der Waals surface area contributed by atoms with Gasteiger partial charge < -0.3 is 10.1 Å². The Bertz CT molecular complexity index is 1080. The van der Waals surface area contributed by atoms with E-state index in [0.29, 0.717) is 5.69 Å². The largest absolute Gasteiger partial charge is 0.421 e. The van der Waals surface area contributed by atoms with Crippen molar-refractivity contribution >= 4 is 0 Å². The highest BCUT2D eigenvalue weighted by Gasteiger charge is 2.63. The Labute approximate surface area is 179 Å². The number of rotatable bonds is 6.